The molecule has 1 aliphatic rings. The van der Waals surface area contributed by atoms with Crippen LogP contribution in [0.1, 0.15) is 56.2 Å². The van der Waals surface area contributed by atoms with Crippen LogP contribution in [-0.2, 0) is 12.8 Å². The van der Waals surface area contributed by atoms with Crippen molar-refractivity contribution in [3.05, 3.63) is 69.7 Å². The van der Waals surface area contributed by atoms with Gasteiger partial charge >= 0.3 is 0 Å². The fraction of sp³-hybridized carbons (Fsp3) is 0.435. The first-order valence-electron chi connectivity index (χ1n) is 9.80. The Hall–Kier alpha value is -1.61. The number of hydrogen-bond donors (Lipinski definition) is 0. The zero-order valence-corrected chi connectivity index (χ0v) is 17.5. The smallest absolute Gasteiger partial charge is 0.0442 e. The predicted octanol–water partition coefficient (Wildman–Crippen LogP) is 6.22. The molecule has 0 saturated heterocycles. The van der Waals surface area contributed by atoms with Crippen LogP contribution in [0.5, 0.6) is 0 Å². The Morgan fingerprint density at radius 1 is 1.08 bits per heavy atom. The summed E-state index contributed by atoms with van der Waals surface area (Å²) in [7, 11) is 0. The first kappa shape index (κ1) is 19.2. The van der Waals surface area contributed by atoms with E-state index in [1.54, 1.807) is 0 Å². The second kappa shape index (κ2) is 9.36. The van der Waals surface area contributed by atoms with Gasteiger partial charge in [-0.3, -0.25) is 5.01 Å². The first-order valence-corrected chi connectivity index (χ1v) is 10.6. The van der Waals surface area contributed by atoms with E-state index in [0.29, 0.717) is 6.04 Å². The van der Waals surface area contributed by atoms with E-state index in [9.17, 15) is 0 Å². The van der Waals surface area contributed by atoms with Crippen LogP contribution < -0.4 is 0 Å². The summed E-state index contributed by atoms with van der Waals surface area (Å²) in [6.07, 6.45) is 6.81. The Morgan fingerprint density at radius 3 is 2.50 bits per heavy atom. The highest BCUT2D eigenvalue weighted by Gasteiger charge is 2.18. The molecule has 1 unspecified atom stereocenters. The quantitative estimate of drug-likeness (QED) is 0.501. The van der Waals surface area contributed by atoms with Crippen LogP contribution in [0.4, 0.5) is 0 Å². The molecule has 0 radical (unpaired) electrons. The van der Waals surface area contributed by atoms with Crippen molar-refractivity contribution in [2.24, 2.45) is 5.10 Å². The van der Waals surface area contributed by atoms with E-state index in [0.717, 1.165) is 36.7 Å². The molecule has 0 fully saturated rings. The Labute approximate surface area is 166 Å². The van der Waals surface area contributed by atoms with Gasteiger partial charge in [-0.2, -0.15) is 5.10 Å². The van der Waals surface area contributed by atoms with Crippen LogP contribution in [0.2, 0.25) is 0 Å². The molecule has 1 aliphatic heterocycles. The van der Waals surface area contributed by atoms with Gasteiger partial charge in [-0.1, -0.05) is 59.3 Å². The molecule has 138 valence electrons. The van der Waals surface area contributed by atoms with Gasteiger partial charge in [-0.15, -0.1) is 0 Å². The number of benzene rings is 2. The molecule has 1 heterocycles. The van der Waals surface area contributed by atoms with Crippen LogP contribution in [0, 0.1) is 0 Å². The largest absolute Gasteiger partial charge is 0.294 e. The van der Waals surface area contributed by atoms with E-state index in [1.807, 2.05) is 0 Å². The highest BCUT2D eigenvalue weighted by atomic mass is 79.9. The number of rotatable bonds is 8. The van der Waals surface area contributed by atoms with E-state index in [4.69, 9.17) is 5.10 Å². The standard InChI is InChI=1S/C23H29BrN2/c1-3-23-15-16-26(25-23)18(2)7-6-10-20-8-4-5-9-21(20)17-19-11-13-22(24)14-12-19/h4-5,8-9,11-14,18H,3,6-7,10,15-17H2,1-2H3. The summed E-state index contributed by atoms with van der Waals surface area (Å²) in [5.74, 6) is 0. The lowest BCUT2D eigenvalue weighted by Crippen LogP contribution is -2.26. The Morgan fingerprint density at radius 2 is 1.81 bits per heavy atom. The summed E-state index contributed by atoms with van der Waals surface area (Å²) in [4.78, 5) is 0. The Balaban J connectivity index is 1.55. The minimum atomic E-state index is 0.540. The van der Waals surface area contributed by atoms with Gasteiger partial charge in [-0.25, -0.2) is 0 Å². The SMILES string of the molecule is CCC1=NN(C(C)CCCc2ccccc2Cc2ccc(Br)cc2)CC1. The maximum atomic E-state index is 4.76. The summed E-state index contributed by atoms with van der Waals surface area (Å²) in [5, 5.41) is 7.06. The molecule has 2 aromatic rings. The summed E-state index contributed by atoms with van der Waals surface area (Å²) in [6.45, 7) is 5.62. The van der Waals surface area contributed by atoms with Crippen LogP contribution in [0.3, 0.4) is 0 Å². The highest BCUT2D eigenvalue weighted by molar-refractivity contribution is 9.10. The van der Waals surface area contributed by atoms with Gasteiger partial charge in [0.15, 0.2) is 0 Å². The van der Waals surface area contributed by atoms with Crippen molar-refractivity contribution < 1.29 is 0 Å². The highest BCUT2D eigenvalue weighted by Crippen LogP contribution is 2.20. The number of aryl methyl sites for hydroxylation is 1. The van der Waals surface area contributed by atoms with Gasteiger partial charge in [0.2, 0.25) is 0 Å². The van der Waals surface area contributed by atoms with Crippen molar-refractivity contribution in [1.29, 1.82) is 0 Å². The normalized spacial score (nSPS) is 15.2. The average Bonchev–Trinajstić information content (AvgIpc) is 3.14. The molecule has 2 aromatic carbocycles. The Bertz CT molecular complexity index is 736. The zero-order chi connectivity index (χ0) is 18.4. The molecule has 0 aromatic heterocycles. The summed E-state index contributed by atoms with van der Waals surface area (Å²) < 4.78 is 1.14. The van der Waals surface area contributed by atoms with Crippen molar-refractivity contribution >= 4 is 21.6 Å². The molecule has 1 atom stereocenters. The second-order valence-corrected chi connectivity index (χ2v) is 8.16. The fourth-order valence-corrected chi connectivity index (χ4v) is 3.89. The van der Waals surface area contributed by atoms with E-state index >= 15 is 0 Å². The van der Waals surface area contributed by atoms with Crippen LogP contribution >= 0.6 is 15.9 Å². The summed E-state index contributed by atoms with van der Waals surface area (Å²) in [5.41, 5.74) is 5.67. The van der Waals surface area contributed by atoms with Crippen LogP contribution in [0.25, 0.3) is 0 Å². The van der Waals surface area contributed by atoms with E-state index in [2.05, 4.69) is 83.3 Å². The monoisotopic (exact) mass is 412 g/mol. The van der Waals surface area contributed by atoms with Crippen LogP contribution in [0.15, 0.2) is 58.1 Å². The predicted molar refractivity (Wildman–Crippen MR) is 115 cm³/mol. The third kappa shape index (κ3) is 5.20. The van der Waals surface area contributed by atoms with Gasteiger partial charge in [0.1, 0.15) is 0 Å². The second-order valence-electron chi connectivity index (χ2n) is 7.25. The van der Waals surface area contributed by atoms with Gasteiger partial charge in [0.25, 0.3) is 0 Å². The molecular weight excluding hydrogens is 384 g/mol. The van der Waals surface area contributed by atoms with Gasteiger partial charge < -0.3 is 0 Å². The molecule has 26 heavy (non-hydrogen) atoms. The van der Waals surface area contributed by atoms with E-state index < -0.39 is 0 Å². The zero-order valence-electron chi connectivity index (χ0n) is 15.9. The van der Waals surface area contributed by atoms with Crippen molar-refractivity contribution in [2.45, 2.75) is 58.4 Å². The lowest BCUT2D eigenvalue weighted by Gasteiger charge is -2.22. The maximum Gasteiger partial charge on any atom is 0.0442 e. The minimum Gasteiger partial charge on any atom is -0.294 e. The molecule has 0 spiro atoms. The van der Waals surface area contributed by atoms with Gasteiger partial charge in [0, 0.05) is 29.2 Å². The molecule has 0 aliphatic carbocycles. The molecule has 0 bridgehead atoms. The van der Waals surface area contributed by atoms with Crippen molar-refractivity contribution in [2.75, 3.05) is 6.54 Å². The van der Waals surface area contributed by atoms with Gasteiger partial charge in [-0.05, 0) is 67.9 Å². The third-order valence-electron chi connectivity index (χ3n) is 5.31. The van der Waals surface area contributed by atoms with Crippen molar-refractivity contribution in [3.63, 3.8) is 0 Å². The first-order chi connectivity index (χ1) is 12.7. The third-order valence-corrected chi connectivity index (χ3v) is 5.84. The van der Waals surface area contributed by atoms with Crippen molar-refractivity contribution in [3.8, 4) is 0 Å². The van der Waals surface area contributed by atoms with E-state index in [-0.39, 0.29) is 0 Å². The maximum absolute atomic E-state index is 4.76. The molecule has 0 saturated carbocycles. The molecule has 3 heteroatoms. The number of nitrogens with zero attached hydrogens (tertiary/aromatic N) is 2. The van der Waals surface area contributed by atoms with E-state index in [1.165, 1.54) is 35.2 Å². The fourth-order valence-electron chi connectivity index (χ4n) is 3.62. The Kier molecular flexibility index (Phi) is 6.90. The molecule has 0 N–H and O–H groups in total. The lowest BCUT2D eigenvalue weighted by atomic mass is 9.96. The number of hydrazone groups is 1. The molecular formula is C23H29BrN2. The van der Waals surface area contributed by atoms with Crippen molar-refractivity contribution in [1.82, 2.24) is 5.01 Å². The summed E-state index contributed by atoms with van der Waals surface area (Å²) in [6, 6.07) is 18.1. The molecule has 3 rings (SSSR count). The summed E-state index contributed by atoms with van der Waals surface area (Å²) >= 11 is 3.52. The minimum absolute atomic E-state index is 0.540. The average molecular weight is 413 g/mol. The number of hydrogen-bond acceptors (Lipinski definition) is 2. The molecule has 2 nitrogen and oxygen atoms in total. The number of halogens is 1. The van der Waals surface area contributed by atoms with Gasteiger partial charge in [0.05, 0.1) is 0 Å². The van der Waals surface area contributed by atoms with Crippen LogP contribution in [-0.4, -0.2) is 23.3 Å². The topological polar surface area (TPSA) is 15.6 Å². The molecule has 0 amide bonds. The lowest BCUT2D eigenvalue weighted by molar-refractivity contribution is 0.227.